The Balaban J connectivity index is 2.05. The summed E-state index contributed by atoms with van der Waals surface area (Å²) >= 11 is 0. The van der Waals surface area contributed by atoms with Gasteiger partial charge >= 0.3 is 6.18 Å². The van der Waals surface area contributed by atoms with Gasteiger partial charge in [-0.25, -0.2) is 0 Å². The van der Waals surface area contributed by atoms with Crippen molar-refractivity contribution >= 4 is 5.91 Å². The van der Waals surface area contributed by atoms with Gasteiger partial charge in [0.05, 0.1) is 18.2 Å². The van der Waals surface area contributed by atoms with E-state index < -0.39 is 17.8 Å². The Kier molecular flexibility index (Phi) is 4.29. The van der Waals surface area contributed by atoms with Crippen LogP contribution < -0.4 is 5.32 Å². The molecule has 20 heavy (non-hydrogen) atoms. The molecule has 0 spiro atoms. The van der Waals surface area contributed by atoms with E-state index in [4.69, 9.17) is 0 Å². The molecule has 110 valence electrons. The van der Waals surface area contributed by atoms with Crippen molar-refractivity contribution in [1.29, 1.82) is 0 Å². The minimum absolute atomic E-state index is 0.134. The van der Waals surface area contributed by atoms with Gasteiger partial charge < -0.3 is 10.4 Å². The Morgan fingerprint density at radius 3 is 2.80 bits per heavy atom. The summed E-state index contributed by atoms with van der Waals surface area (Å²) in [6, 6.07) is 4.62. The van der Waals surface area contributed by atoms with Crippen LogP contribution in [-0.2, 0) is 11.0 Å². The smallest absolute Gasteiger partial charge is 0.387 e. The normalized spacial score (nSPS) is 18.7. The Bertz CT molecular complexity index is 491. The SMILES string of the molecule is O=C1CN(C[C@@H](O)c2cccc(C(F)(F)F)c2)CCN1. The van der Waals surface area contributed by atoms with E-state index in [-0.39, 0.29) is 24.6 Å². The largest absolute Gasteiger partial charge is 0.416 e. The third-order valence-corrected chi connectivity index (χ3v) is 3.15. The summed E-state index contributed by atoms with van der Waals surface area (Å²) in [6.07, 6.45) is -5.48. The third-order valence-electron chi connectivity index (χ3n) is 3.15. The summed E-state index contributed by atoms with van der Waals surface area (Å²) in [6.45, 7) is 1.33. The van der Waals surface area contributed by atoms with E-state index in [0.29, 0.717) is 13.1 Å². The molecule has 1 heterocycles. The van der Waals surface area contributed by atoms with Crippen LogP contribution in [0.1, 0.15) is 17.2 Å². The summed E-state index contributed by atoms with van der Waals surface area (Å²) in [7, 11) is 0. The molecule has 4 nitrogen and oxygen atoms in total. The van der Waals surface area contributed by atoms with E-state index in [2.05, 4.69) is 5.32 Å². The Morgan fingerprint density at radius 1 is 1.40 bits per heavy atom. The predicted octanol–water partition coefficient (Wildman–Crippen LogP) is 1.17. The zero-order valence-electron chi connectivity index (χ0n) is 10.7. The standard InChI is InChI=1S/C13H15F3N2O2/c14-13(15,16)10-3-1-2-9(6-10)11(19)7-18-5-4-17-12(20)8-18/h1-3,6,11,19H,4-5,7-8H2,(H,17,20)/t11-/m1/s1. The molecular formula is C13H15F3N2O2. The predicted molar refractivity (Wildman–Crippen MR) is 65.9 cm³/mol. The Morgan fingerprint density at radius 2 is 2.15 bits per heavy atom. The average molecular weight is 288 g/mol. The van der Waals surface area contributed by atoms with Gasteiger partial charge in [-0.1, -0.05) is 12.1 Å². The van der Waals surface area contributed by atoms with Crippen LogP contribution in [-0.4, -0.2) is 42.1 Å². The van der Waals surface area contributed by atoms with E-state index >= 15 is 0 Å². The summed E-state index contributed by atoms with van der Waals surface area (Å²) < 4.78 is 37.8. The maximum absolute atomic E-state index is 12.6. The second-order valence-electron chi connectivity index (χ2n) is 4.72. The molecule has 1 aromatic carbocycles. The number of nitrogens with zero attached hydrogens (tertiary/aromatic N) is 1. The number of piperazine rings is 1. The summed E-state index contributed by atoms with van der Waals surface area (Å²) in [5.74, 6) is -0.146. The first-order valence-corrected chi connectivity index (χ1v) is 6.20. The van der Waals surface area contributed by atoms with Crippen molar-refractivity contribution in [2.75, 3.05) is 26.2 Å². The van der Waals surface area contributed by atoms with Crippen molar-refractivity contribution in [3.8, 4) is 0 Å². The highest BCUT2D eigenvalue weighted by molar-refractivity contribution is 5.78. The fourth-order valence-electron chi connectivity index (χ4n) is 2.12. The number of alkyl halides is 3. The van der Waals surface area contributed by atoms with Crippen LogP contribution in [0, 0.1) is 0 Å². The third kappa shape index (κ3) is 3.71. The summed E-state index contributed by atoms with van der Waals surface area (Å²) in [4.78, 5) is 12.9. The number of aliphatic hydroxyl groups is 1. The second-order valence-corrected chi connectivity index (χ2v) is 4.72. The Hall–Kier alpha value is -1.60. The minimum Gasteiger partial charge on any atom is -0.387 e. The molecule has 0 unspecified atom stereocenters. The molecule has 1 aromatic rings. The number of hydrogen-bond donors (Lipinski definition) is 2. The lowest BCUT2D eigenvalue weighted by atomic mass is 10.0. The highest BCUT2D eigenvalue weighted by Gasteiger charge is 2.31. The van der Waals surface area contributed by atoms with E-state index in [1.165, 1.54) is 12.1 Å². The van der Waals surface area contributed by atoms with Gasteiger partial charge in [-0.2, -0.15) is 13.2 Å². The van der Waals surface area contributed by atoms with Crippen LogP contribution in [0.5, 0.6) is 0 Å². The molecular weight excluding hydrogens is 273 g/mol. The van der Waals surface area contributed by atoms with E-state index in [0.717, 1.165) is 12.1 Å². The van der Waals surface area contributed by atoms with Crippen molar-refractivity contribution < 1.29 is 23.1 Å². The van der Waals surface area contributed by atoms with Gasteiger partial charge in [-0.05, 0) is 17.7 Å². The van der Waals surface area contributed by atoms with Crippen LogP contribution in [0.2, 0.25) is 0 Å². The maximum atomic E-state index is 12.6. The summed E-state index contributed by atoms with van der Waals surface area (Å²) in [5, 5.41) is 12.7. The number of benzene rings is 1. The van der Waals surface area contributed by atoms with Gasteiger partial charge in [0.25, 0.3) is 0 Å². The zero-order valence-corrected chi connectivity index (χ0v) is 10.7. The summed E-state index contributed by atoms with van der Waals surface area (Å²) in [5.41, 5.74) is -0.587. The molecule has 7 heteroatoms. The lowest BCUT2D eigenvalue weighted by molar-refractivity contribution is -0.137. The van der Waals surface area contributed by atoms with Gasteiger partial charge in [-0.15, -0.1) is 0 Å². The number of β-amino-alcohol motifs (C(OH)–C–C–N with tert-alkyl or cyclic N) is 1. The number of rotatable bonds is 3. The van der Waals surface area contributed by atoms with E-state index in [9.17, 15) is 23.1 Å². The van der Waals surface area contributed by atoms with Crippen LogP contribution in [0.15, 0.2) is 24.3 Å². The molecule has 0 aromatic heterocycles. The fraction of sp³-hybridized carbons (Fsp3) is 0.462. The molecule has 1 saturated heterocycles. The molecule has 2 N–H and O–H groups in total. The van der Waals surface area contributed by atoms with Gasteiger partial charge in [0.2, 0.25) is 5.91 Å². The molecule has 2 rings (SSSR count). The number of carbonyl (C=O) groups excluding carboxylic acids is 1. The second kappa shape index (κ2) is 5.80. The van der Waals surface area contributed by atoms with E-state index in [1.54, 1.807) is 4.90 Å². The first-order valence-electron chi connectivity index (χ1n) is 6.20. The number of amides is 1. The van der Waals surface area contributed by atoms with Gasteiger partial charge in [-0.3, -0.25) is 9.69 Å². The van der Waals surface area contributed by atoms with Crippen molar-refractivity contribution in [3.63, 3.8) is 0 Å². The van der Waals surface area contributed by atoms with Gasteiger partial charge in [0.1, 0.15) is 0 Å². The van der Waals surface area contributed by atoms with Crippen LogP contribution in [0.3, 0.4) is 0 Å². The number of carbonyl (C=O) groups is 1. The molecule has 1 aliphatic heterocycles. The molecule has 0 radical (unpaired) electrons. The van der Waals surface area contributed by atoms with Crippen LogP contribution >= 0.6 is 0 Å². The first kappa shape index (κ1) is 14.8. The molecule has 1 fully saturated rings. The molecule has 1 atom stereocenters. The lowest BCUT2D eigenvalue weighted by Crippen LogP contribution is -2.48. The molecule has 0 aliphatic carbocycles. The molecule has 1 amide bonds. The van der Waals surface area contributed by atoms with Crippen LogP contribution in [0.4, 0.5) is 13.2 Å². The fourth-order valence-corrected chi connectivity index (χ4v) is 2.12. The molecule has 0 bridgehead atoms. The topological polar surface area (TPSA) is 52.6 Å². The highest BCUT2D eigenvalue weighted by atomic mass is 19.4. The van der Waals surface area contributed by atoms with Crippen LogP contribution in [0.25, 0.3) is 0 Å². The quantitative estimate of drug-likeness (QED) is 0.878. The van der Waals surface area contributed by atoms with E-state index in [1.807, 2.05) is 0 Å². The van der Waals surface area contributed by atoms with Crippen molar-refractivity contribution in [2.45, 2.75) is 12.3 Å². The van der Waals surface area contributed by atoms with Gasteiger partial charge in [0, 0.05) is 19.6 Å². The lowest BCUT2D eigenvalue weighted by Gasteiger charge is -2.28. The number of hydrogen-bond acceptors (Lipinski definition) is 3. The van der Waals surface area contributed by atoms with Gasteiger partial charge in [0.15, 0.2) is 0 Å². The van der Waals surface area contributed by atoms with Crippen molar-refractivity contribution in [3.05, 3.63) is 35.4 Å². The monoisotopic (exact) mass is 288 g/mol. The maximum Gasteiger partial charge on any atom is 0.416 e. The molecule has 0 saturated carbocycles. The number of aliphatic hydroxyl groups excluding tert-OH is 1. The zero-order chi connectivity index (χ0) is 14.8. The molecule has 1 aliphatic rings. The number of nitrogens with one attached hydrogen (secondary N) is 1. The Labute approximate surface area is 114 Å². The average Bonchev–Trinajstić information content (AvgIpc) is 2.38. The highest BCUT2D eigenvalue weighted by Crippen LogP contribution is 2.30. The van der Waals surface area contributed by atoms with Crippen molar-refractivity contribution in [1.82, 2.24) is 10.2 Å². The minimum atomic E-state index is -4.43. The number of halogens is 3. The first-order chi connectivity index (χ1) is 9.36. The van der Waals surface area contributed by atoms with Crippen molar-refractivity contribution in [2.24, 2.45) is 0 Å².